The molecule has 102 valence electrons. The molecule has 0 saturated heterocycles. The molecule has 0 amide bonds. The Labute approximate surface area is 117 Å². The lowest BCUT2D eigenvalue weighted by Gasteiger charge is -2.14. The molecule has 2 aromatic rings. The molecule has 2 rings (SSSR count). The maximum atomic E-state index is 11.1. The Bertz CT molecular complexity index is 601. The minimum atomic E-state index is -0.872. The van der Waals surface area contributed by atoms with Crippen LogP contribution < -0.4 is 0 Å². The number of rotatable bonds is 5. The first kappa shape index (κ1) is 14.0. The summed E-state index contributed by atoms with van der Waals surface area (Å²) in [5.74, 6) is 1.18. The number of fused-ring (bicyclic) bond motifs is 1. The highest BCUT2D eigenvalue weighted by Gasteiger charge is 2.13. The van der Waals surface area contributed by atoms with Gasteiger partial charge in [0.1, 0.15) is 0 Å². The number of hydrogen-bond acceptors (Lipinski definition) is 2. The SMILES string of the molecule is CCSCc1cc2ccc(C(=O)O)cc2n1C(C)C. The topological polar surface area (TPSA) is 42.2 Å². The van der Waals surface area contributed by atoms with Gasteiger partial charge in [-0.2, -0.15) is 11.8 Å². The summed E-state index contributed by atoms with van der Waals surface area (Å²) in [4.78, 5) is 11.1. The predicted octanol–water partition coefficient (Wildman–Crippen LogP) is 4.17. The van der Waals surface area contributed by atoms with Gasteiger partial charge in [-0.3, -0.25) is 0 Å². The summed E-state index contributed by atoms with van der Waals surface area (Å²) in [6.45, 7) is 6.41. The summed E-state index contributed by atoms with van der Waals surface area (Å²) in [5.41, 5.74) is 2.63. The van der Waals surface area contributed by atoms with Crippen molar-refractivity contribution in [1.29, 1.82) is 0 Å². The second-order valence-electron chi connectivity index (χ2n) is 4.82. The molecule has 0 aliphatic carbocycles. The van der Waals surface area contributed by atoms with Gasteiger partial charge in [-0.25, -0.2) is 4.79 Å². The largest absolute Gasteiger partial charge is 0.478 e. The number of carbonyl (C=O) groups is 1. The molecule has 1 aromatic heterocycles. The normalized spacial score (nSPS) is 11.4. The Morgan fingerprint density at radius 2 is 2.11 bits per heavy atom. The third-order valence-electron chi connectivity index (χ3n) is 3.14. The van der Waals surface area contributed by atoms with Gasteiger partial charge >= 0.3 is 5.97 Å². The summed E-state index contributed by atoms with van der Waals surface area (Å²) in [6.07, 6.45) is 0. The molecule has 19 heavy (non-hydrogen) atoms. The number of carboxylic acid groups (broad SMARTS) is 1. The lowest BCUT2D eigenvalue weighted by Crippen LogP contribution is -2.05. The maximum absolute atomic E-state index is 11.1. The van der Waals surface area contributed by atoms with Crippen molar-refractivity contribution in [3.63, 3.8) is 0 Å². The van der Waals surface area contributed by atoms with Crippen molar-refractivity contribution in [2.24, 2.45) is 0 Å². The van der Waals surface area contributed by atoms with Crippen LogP contribution in [0.3, 0.4) is 0 Å². The van der Waals surface area contributed by atoms with Crippen molar-refractivity contribution in [2.75, 3.05) is 5.75 Å². The van der Waals surface area contributed by atoms with Crippen LogP contribution in [0, 0.1) is 0 Å². The number of nitrogens with zero attached hydrogens (tertiary/aromatic N) is 1. The summed E-state index contributed by atoms with van der Waals surface area (Å²) in [7, 11) is 0. The van der Waals surface area contributed by atoms with Gasteiger partial charge in [-0.1, -0.05) is 13.0 Å². The van der Waals surface area contributed by atoms with Gasteiger partial charge in [0, 0.05) is 23.0 Å². The molecular formula is C15H19NO2S. The zero-order valence-corrected chi connectivity index (χ0v) is 12.3. The maximum Gasteiger partial charge on any atom is 0.335 e. The van der Waals surface area contributed by atoms with E-state index in [9.17, 15) is 4.79 Å². The van der Waals surface area contributed by atoms with Crippen LogP contribution in [0.5, 0.6) is 0 Å². The highest BCUT2D eigenvalue weighted by Crippen LogP contribution is 2.27. The average Bonchev–Trinajstić information content (AvgIpc) is 2.73. The van der Waals surface area contributed by atoms with Crippen molar-refractivity contribution >= 4 is 28.6 Å². The van der Waals surface area contributed by atoms with Crippen LogP contribution in [0.2, 0.25) is 0 Å². The van der Waals surface area contributed by atoms with Crippen LogP contribution in [-0.2, 0) is 5.75 Å². The molecule has 0 saturated carbocycles. The highest BCUT2D eigenvalue weighted by atomic mass is 32.2. The van der Waals surface area contributed by atoms with Crippen LogP contribution in [0.15, 0.2) is 24.3 Å². The predicted molar refractivity (Wildman–Crippen MR) is 81.1 cm³/mol. The second kappa shape index (κ2) is 5.70. The molecular weight excluding hydrogens is 258 g/mol. The van der Waals surface area contributed by atoms with Crippen LogP contribution in [-0.4, -0.2) is 21.4 Å². The molecule has 0 unspecified atom stereocenters. The first-order valence-corrected chi connectivity index (χ1v) is 7.65. The van der Waals surface area contributed by atoms with Crippen LogP contribution >= 0.6 is 11.8 Å². The van der Waals surface area contributed by atoms with Gasteiger partial charge < -0.3 is 9.67 Å². The quantitative estimate of drug-likeness (QED) is 0.891. The van der Waals surface area contributed by atoms with Gasteiger partial charge in [0.15, 0.2) is 0 Å². The van der Waals surface area contributed by atoms with Crippen molar-refractivity contribution in [3.8, 4) is 0 Å². The van der Waals surface area contributed by atoms with E-state index in [0.29, 0.717) is 11.6 Å². The average molecular weight is 277 g/mol. The smallest absolute Gasteiger partial charge is 0.335 e. The third-order valence-corrected chi connectivity index (χ3v) is 4.05. The van der Waals surface area contributed by atoms with Crippen molar-refractivity contribution in [1.82, 2.24) is 4.57 Å². The molecule has 0 fully saturated rings. The highest BCUT2D eigenvalue weighted by molar-refractivity contribution is 7.98. The summed E-state index contributed by atoms with van der Waals surface area (Å²) in [5, 5.41) is 10.2. The van der Waals surface area contributed by atoms with Crippen molar-refractivity contribution < 1.29 is 9.90 Å². The Hall–Kier alpha value is -1.42. The zero-order chi connectivity index (χ0) is 14.0. The molecule has 3 nitrogen and oxygen atoms in total. The molecule has 0 bridgehead atoms. The Morgan fingerprint density at radius 1 is 1.37 bits per heavy atom. The van der Waals surface area contributed by atoms with E-state index in [1.807, 2.05) is 17.8 Å². The molecule has 0 aliphatic rings. The first-order chi connectivity index (χ1) is 9.04. The molecule has 0 atom stereocenters. The second-order valence-corrected chi connectivity index (χ2v) is 6.09. The van der Waals surface area contributed by atoms with Gasteiger partial charge in [0.25, 0.3) is 0 Å². The summed E-state index contributed by atoms with van der Waals surface area (Å²) < 4.78 is 2.24. The molecule has 1 aromatic carbocycles. The molecule has 0 aliphatic heterocycles. The number of thioether (sulfide) groups is 1. The fourth-order valence-electron chi connectivity index (χ4n) is 2.34. The fourth-order valence-corrected chi connectivity index (χ4v) is 2.97. The Morgan fingerprint density at radius 3 is 2.68 bits per heavy atom. The van der Waals surface area contributed by atoms with Crippen LogP contribution in [0.4, 0.5) is 0 Å². The minimum Gasteiger partial charge on any atom is -0.478 e. The fraction of sp³-hybridized carbons (Fsp3) is 0.400. The minimum absolute atomic E-state index is 0.328. The van der Waals surface area contributed by atoms with Crippen LogP contribution in [0.25, 0.3) is 10.9 Å². The molecule has 1 N–H and O–H groups in total. The van der Waals surface area contributed by atoms with E-state index in [1.54, 1.807) is 12.1 Å². The number of carboxylic acids is 1. The standard InChI is InChI=1S/C15H19NO2S/c1-4-19-9-13-7-11-5-6-12(15(17)18)8-14(11)16(13)10(2)3/h5-8,10H,4,9H2,1-3H3,(H,17,18). The van der Waals surface area contributed by atoms with Gasteiger partial charge in [0.2, 0.25) is 0 Å². The number of hydrogen-bond donors (Lipinski definition) is 1. The van der Waals surface area contributed by atoms with Gasteiger partial charge in [0.05, 0.1) is 5.56 Å². The lowest BCUT2D eigenvalue weighted by atomic mass is 10.1. The molecule has 1 heterocycles. The monoisotopic (exact) mass is 277 g/mol. The number of aromatic carboxylic acids is 1. The van der Waals surface area contributed by atoms with Crippen molar-refractivity contribution in [2.45, 2.75) is 32.6 Å². The number of benzene rings is 1. The van der Waals surface area contributed by atoms with E-state index in [1.165, 1.54) is 5.69 Å². The van der Waals surface area contributed by atoms with E-state index in [0.717, 1.165) is 22.4 Å². The van der Waals surface area contributed by atoms with E-state index < -0.39 is 5.97 Å². The zero-order valence-electron chi connectivity index (χ0n) is 11.5. The number of aromatic nitrogens is 1. The molecule has 0 radical (unpaired) electrons. The third kappa shape index (κ3) is 2.78. The van der Waals surface area contributed by atoms with E-state index in [4.69, 9.17) is 5.11 Å². The lowest BCUT2D eigenvalue weighted by molar-refractivity contribution is 0.0697. The van der Waals surface area contributed by atoms with Crippen molar-refractivity contribution in [3.05, 3.63) is 35.5 Å². The Balaban J connectivity index is 2.58. The van der Waals surface area contributed by atoms with E-state index >= 15 is 0 Å². The van der Waals surface area contributed by atoms with Crippen LogP contribution in [0.1, 0.15) is 42.9 Å². The summed E-state index contributed by atoms with van der Waals surface area (Å²) in [6, 6.07) is 7.85. The summed E-state index contributed by atoms with van der Waals surface area (Å²) >= 11 is 1.88. The first-order valence-electron chi connectivity index (χ1n) is 6.49. The van der Waals surface area contributed by atoms with Gasteiger partial charge in [-0.15, -0.1) is 0 Å². The molecule has 4 heteroatoms. The van der Waals surface area contributed by atoms with E-state index in [2.05, 4.69) is 31.4 Å². The van der Waals surface area contributed by atoms with E-state index in [-0.39, 0.29) is 0 Å². The Kier molecular flexibility index (Phi) is 4.20. The van der Waals surface area contributed by atoms with Gasteiger partial charge in [-0.05, 0) is 43.2 Å². The molecule has 0 spiro atoms.